The van der Waals surface area contributed by atoms with Gasteiger partial charge < -0.3 is 10.6 Å². The van der Waals surface area contributed by atoms with Gasteiger partial charge in [0.1, 0.15) is 5.82 Å². The Morgan fingerprint density at radius 1 is 0.962 bits per heavy atom. The number of benzene rings is 1. The molecule has 5 nitrogen and oxygen atoms in total. The van der Waals surface area contributed by atoms with Crippen LogP contribution in [0.4, 0.5) is 17.5 Å². The maximum absolute atomic E-state index is 4.66. The van der Waals surface area contributed by atoms with Gasteiger partial charge >= 0.3 is 0 Å². The van der Waals surface area contributed by atoms with Crippen LogP contribution in [0.5, 0.6) is 0 Å². The largest absolute Gasteiger partial charge is 0.350 e. The molecule has 6 heteroatoms. The zero-order chi connectivity index (χ0) is 18.7. The zero-order valence-electron chi connectivity index (χ0n) is 15.3. The number of anilines is 3. The fourth-order valence-electron chi connectivity index (χ4n) is 2.44. The Bertz CT molecular complexity index is 904. The highest BCUT2D eigenvalue weighted by atomic mass is 79.9. The minimum atomic E-state index is -0.137. The third-order valence-electron chi connectivity index (χ3n) is 3.62. The number of halogens is 1. The van der Waals surface area contributed by atoms with Crippen molar-refractivity contribution in [3.8, 4) is 11.3 Å². The van der Waals surface area contributed by atoms with E-state index in [0.717, 1.165) is 32.8 Å². The van der Waals surface area contributed by atoms with Crippen LogP contribution in [0.2, 0.25) is 0 Å². The maximum Gasteiger partial charge on any atom is 0.225 e. The highest BCUT2D eigenvalue weighted by Crippen LogP contribution is 2.26. The van der Waals surface area contributed by atoms with Gasteiger partial charge in [-0.25, -0.2) is 4.98 Å². The SMILES string of the molecule is Cc1cc(Nc2cc(-c3ccncc3)nc(NC(C)(C)C)n2)ccc1Br. The van der Waals surface area contributed by atoms with E-state index in [9.17, 15) is 0 Å². The van der Waals surface area contributed by atoms with Gasteiger partial charge in [0.15, 0.2) is 0 Å². The van der Waals surface area contributed by atoms with Crippen LogP contribution in [0, 0.1) is 6.92 Å². The molecule has 134 valence electrons. The van der Waals surface area contributed by atoms with Gasteiger partial charge in [-0.05, 0) is 63.6 Å². The van der Waals surface area contributed by atoms with Gasteiger partial charge in [0.25, 0.3) is 0 Å². The van der Waals surface area contributed by atoms with Crippen LogP contribution in [-0.4, -0.2) is 20.5 Å². The van der Waals surface area contributed by atoms with Crippen molar-refractivity contribution >= 4 is 33.4 Å². The van der Waals surface area contributed by atoms with Crippen LogP contribution in [0.1, 0.15) is 26.3 Å². The lowest BCUT2D eigenvalue weighted by atomic mass is 10.1. The smallest absolute Gasteiger partial charge is 0.225 e. The first-order chi connectivity index (χ1) is 12.3. The molecule has 0 saturated carbocycles. The number of nitrogens with zero attached hydrogens (tertiary/aromatic N) is 3. The monoisotopic (exact) mass is 411 g/mol. The molecular formula is C20H22BrN5. The van der Waals surface area contributed by atoms with E-state index in [1.54, 1.807) is 12.4 Å². The molecule has 0 spiro atoms. The predicted octanol–water partition coefficient (Wildman–Crippen LogP) is 5.56. The minimum absolute atomic E-state index is 0.137. The van der Waals surface area contributed by atoms with Crippen LogP contribution in [-0.2, 0) is 0 Å². The van der Waals surface area contributed by atoms with Crippen molar-refractivity contribution in [1.82, 2.24) is 15.0 Å². The highest BCUT2D eigenvalue weighted by molar-refractivity contribution is 9.10. The number of aryl methyl sites for hydroxylation is 1. The van der Waals surface area contributed by atoms with E-state index in [2.05, 4.69) is 75.3 Å². The summed E-state index contributed by atoms with van der Waals surface area (Å²) in [5, 5.41) is 6.73. The fraction of sp³-hybridized carbons (Fsp3) is 0.250. The van der Waals surface area contributed by atoms with Gasteiger partial charge in [-0.15, -0.1) is 0 Å². The molecule has 0 amide bonds. The Morgan fingerprint density at radius 3 is 2.35 bits per heavy atom. The molecule has 26 heavy (non-hydrogen) atoms. The van der Waals surface area contributed by atoms with Crippen molar-refractivity contribution in [2.45, 2.75) is 33.2 Å². The lowest BCUT2D eigenvalue weighted by Crippen LogP contribution is -2.27. The van der Waals surface area contributed by atoms with Crippen molar-refractivity contribution in [1.29, 1.82) is 0 Å². The second-order valence-corrected chi connectivity index (χ2v) is 8.02. The number of rotatable bonds is 4. The average molecular weight is 412 g/mol. The zero-order valence-corrected chi connectivity index (χ0v) is 16.9. The maximum atomic E-state index is 4.66. The standard InChI is InChI=1S/C20H22BrN5/c1-13-11-15(5-6-16(13)21)23-18-12-17(14-7-9-22-10-8-14)24-19(25-18)26-20(2,3)4/h5-12H,1-4H3,(H2,23,24,25,26). The Labute approximate surface area is 162 Å². The van der Waals surface area contributed by atoms with Crippen LogP contribution in [0.3, 0.4) is 0 Å². The van der Waals surface area contributed by atoms with E-state index >= 15 is 0 Å². The molecule has 0 bridgehead atoms. The van der Waals surface area contributed by atoms with Gasteiger partial charge in [0.05, 0.1) is 5.69 Å². The number of pyridine rings is 1. The van der Waals surface area contributed by atoms with Crippen molar-refractivity contribution < 1.29 is 0 Å². The van der Waals surface area contributed by atoms with E-state index < -0.39 is 0 Å². The molecule has 0 radical (unpaired) electrons. The van der Waals surface area contributed by atoms with Crippen LogP contribution in [0.15, 0.2) is 53.3 Å². The molecule has 1 aromatic carbocycles. The van der Waals surface area contributed by atoms with Gasteiger partial charge in [0, 0.05) is 39.7 Å². The van der Waals surface area contributed by atoms with E-state index in [0.29, 0.717) is 5.95 Å². The van der Waals surface area contributed by atoms with Gasteiger partial charge in [-0.1, -0.05) is 15.9 Å². The van der Waals surface area contributed by atoms with Crippen LogP contribution < -0.4 is 10.6 Å². The topological polar surface area (TPSA) is 62.7 Å². The Balaban J connectivity index is 2.00. The fourth-order valence-corrected chi connectivity index (χ4v) is 2.69. The van der Waals surface area contributed by atoms with Crippen molar-refractivity contribution in [3.63, 3.8) is 0 Å². The molecule has 3 rings (SSSR count). The summed E-state index contributed by atoms with van der Waals surface area (Å²) < 4.78 is 1.08. The Kier molecular flexibility index (Phi) is 5.23. The highest BCUT2D eigenvalue weighted by Gasteiger charge is 2.14. The average Bonchev–Trinajstić information content (AvgIpc) is 2.57. The molecule has 0 aliphatic carbocycles. The second kappa shape index (κ2) is 7.41. The molecule has 0 atom stereocenters. The first kappa shape index (κ1) is 18.3. The lowest BCUT2D eigenvalue weighted by molar-refractivity contribution is 0.626. The second-order valence-electron chi connectivity index (χ2n) is 7.16. The summed E-state index contributed by atoms with van der Waals surface area (Å²) >= 11 is 3.53. The summed E-state index contributed by atoms with van der Waals surface area (Å²) in [6, 6.07) is 11.9. The number of hydrogen-bond acceptors (Lipinski definition) is 5. The summed E-state index contributed by atoms with van der Waals surface area (Å²) in [6.45, 7) is 8.31. The third-order valence-corrected chi connectivity index (χ3v) is 4.51. The predicted molar refractivity (Wildman–Crippen MR) is 111 cm³/mol. The number of aromatic nitrogens is 3. The van der Waals surface area contributed by atoms with E-state index in [1.807, 2.05) is 30.3 Å². The summed E-state index contributed by atoms with van der Waals surface area (Å²) in [4.78, 5) is 13.4. The lowest BCUT2D eigenvalue weighted by Gasteiger charge is -2.21. The van der Waals surface area contributed by atoms with Gasteiger partial charge in [-0.2, -0.15) is 4.98 Å². The van der Waals surface area contributed by atoms with Gasteiger partial charge in [0.2, 0.25) is 5.95 Å². The quantitative estimate of drug-likeness (QED) is 0.587. The molecule has 0 fully saturated rings. The molecule has 2 N–H and O–H groups in total. The molecule has 2 aromatic heterocycles. The van der Waals surface area contributed by atoms with E-state index in [-0.39, 0.29) is 5.54 Å². The molecule has 2 heterocycles. The molecular weight excluding hydrogens is 390 g/mol. The minimum Gasteiger partial charge on any atom is -0.350 e. The summed E-state index contributed by atoms with van der Waals surface area (Å²) in [7, 11) is 0. The number of hydrogen-bond donors (Lipinski definition) is 2. The Hall–Kier alpha value is -2.47. The normalized spacial score (nSPS) is 11.3. The molecule has 0 aliphatic heterocycles. The van der Waals surface area contributed by atoms with E-state index in [1.165, 1.54) is 0 Å². The first-order valence-corrected chi connectivity index (χ1v) is 9.20. The molecule has 0 aliphatic rings. The van der Waals surface area contributed by atoms with Crippen molar-refractivity contribution in [3.05, 3.63) is 58.8 Å². The molecule has 0 unspecified atom stereocenters. The third kappa shape index (κ3) is 4.79. The molecule has 3 aromatic rings. The number of nitrogens with one attached hydrogen (secondary N) is 2. The van der Waals surface area contributed by atoms with Crippen molar-refractivity contribution in [2.24, 2.45) is 0 Å². The first-order valence-electron chi connectivity index (χ1n) is 8.41. The van der Waals surface area contributed by atoms with Gasteiger partial charge in [-0.3, -0.25) is 4.98 Å². The Morgan fingerprint density at radius 2 is 1.69 bits per heavy atom. The molecule has 0 saturated heterocycles. The van der Waals surface area contributed by atoms with E-state index in [4.69, 9.17) is 0 Å². The van der Waals surface area contributed by atoms with Crippen molar-refractivity contribution in [2.75, 3.05) is 10.6 Å². The van der Waals surface area contributed by atoms with Crippen LogP contribution >= 0.6 is 15.9 Å². The summed E-state index contributed by atoms with van der Waals surface area (Å²) in [5.74, 6) is 1.32. The van der Waals surface area contributed by atoms with Crippen LogP contribution in [0.25, 0.3) is 11.3 Å². The summed E-state index contributed by atoms with van der Waals surface area (Å²) in [6.07, 6.45) is 3.53. The summed E-state index contributed by atoms with van der Waals surface area (Å²) in [5.41, 5.74) is 3.83.